The third-order valence-corrected chi connectivity index (χ3v) is 4.14. The van der Waals surface area contributed by atoms with Gasteiger partial charge in [-0.25, -0.2) is 0 Å². The summed E-state index contributed by atoms with van der Waals surface area (Å²) in [6.45, 7) is 21.3. The first-order valence-corrected chi connectivity index (χ1v) is 8.31. The summed E-state index contributed by atoms with van der Waals surface area (Å²) in [6, 6.07) is 8.90. The number of rotatable bonds is 0. The van der Waals surface area contributed by atoms with E-state index in [1.54, 1.807) is 0 Å². The lowest BCUT2D eigenvalue weighted by Crippen LogP contribution is -1.86. The van der Waals surface area contributed by atoms with Crippen LogP contribution < -0.4 is 0 Å². The van der Waals surface area contributed by atoms with Crippen LogP contribution in [0.5, 0.6) is 0 Å². The molecule has 2 aromatic rings. The normalized spacial score (nSPS) is 9.36. The Kier molecular flexibility index (Phi) is 8.79. The van der Waals surface area contributed by atoms with Crippen molar-refractivity contribution in [2.24, 2.45) is 0 Å². The van der Waals surface area contributed by atoms with Crippen LogP contribution in [0.1, 0.15) is 58.4 Å². The van der Waals surface area contributed by atoms with Crippen LogP contribution in [0.25, 0.3) is 0 Å². The van der Waals surface area contributed by atoms with Crippen LogP contribution in [0.15, 0.2) is 24.3 Å². The molecule has 0 fully saturated rings. The predicted octanol–water partition coefficient (Wildman–Crippen LogP) is 6.87. The predicted molar refractivity (Wildman–Crippen MR) is 102 cm³/mol. The van der Waals surface area contributed by atoms with Gasteiger partial charge in [-0.05, 0) is 88.8 Å². The molecule has 0 aliphatic carbocycles. The van der Waals surface area contributed by atoms with Crippen molar-refractivity contribution >= 4 is 0 Å². The maximum absolute atomic E-state index is 2.22. The fourth-order valence-corrected chi connectivity index (χ4v) is 2.50. The molecule has 22 heavy (non-hydrogen) atoms. The van der Waals surface area contributed by atoms with E-state index in [0.717, 1.165) is 0 Å². The van der Waals surface area contributed by atoms with E-state index in [-0.39, 0.29) is 0 Å². The summed E-state index contributed by atoms with van der Waals surface area (Å²) in [7, 11) is 0. The van der Waals surface area contributed by atoms with Gasteiger partial charge < -0.3 is 0 Å². The monoisotopic (exact) mass is 298 g/mol. The van der Waals surface area contributed by atoms with Gasteiger partial charge in [0.15, 0.2) is 0 Å². The first kappa shape index (κ1) is 20.4. The summed E-state index contributed by atoms with van der Waals surface area (Å²) >= 11 is 0. The lowest BCUT2D eigenvalue weighted by Gasteiger charge is -2.04. The maximum atomic E-state index is 2.22. The van der Waals surface area contributed by atoms with Crippen molar-refractivity contribution in [3.63, 3.8) is 0 Å². The van der Waals surface area contributed by atoms with Crippen LogP contribution in [0, 0.1) is 55.4 Å². The Labute approximate surface area is 138 Å². The van der Waals surface area contributed by atoms with Crippen molar-refractivity contribution in [2.45, 2.75) is 69.2 Å². The van der Waals surface area contributed by atoms with Gasteiger partial charge in [-0.2, -0.15) is 0 Å². The Morgan fingerprint density at radius 2 is 0.591 bits per heavy atom. The Morgan fingerprint density at radius 1 is 0.409 bits per heavy atom. The van der Waals surface area contributed by atoms with Gasteiger partial charge in [0.05, 0.1) is 0 Å². The Bertz CT molecular complexity index is 502. The van der Waals surface area contributed by atoms with E-state index in [0.29, 0.717) is 0 Å². The van der Waals surface area contributed by atoms with Gasteiger partial charge >= 0.3 is 0 Å². The van der Waals surface area contributed by atoms with E-state index in [1.165, 1.54) is 44.5 Å². The molecular weight excluding hydrogens is 264 g/mol. The lowest BCUT2D eigenvalue weighted by atomic mass is 10.0. The second-order valence-corrected chi connectivity index (χ2v) is 6.05. The van der Waals surface area contributed by atoms with Crippen molar-refractivity contribution in [1.82, 2.24) is 0 Å². The van der Waals surface area contributed by atoms with E-state index < -0.39 is 0 Å². The highest BCUT2D eigenvalue weighted by Crippen LogP contribution is 2.14. The standard InChI is InChI=1S/2C10H14.C2H6/c2*1-7-5-8(2)10(4)9(3)6-7;1-2/h2*5-6H,1-4H3;1-2H3. The molecule has 0 heteroatoms. The molecule has 0 atom stereocenters. The zero-order valence-corrected chi connectivity index (χ0v) is 16.3. The molecule has 0 aromatic heterocycles. The van der Waals surface area contributed by atoms with E-state index >= 15 is 0 Å². The number of hydrogen-bond donors (Lipinski definition) is 0. The Morgan fingerprint density at radius 3 is 0.773 bits per heavy atom. The minimum absolute atomic E-state index is 1.36. The fourth-order valence-electron chi connectivity index (χ4n) is 2.50. The third kappa shape index (κ3) is 6.05. The molecule has 122 valence electrons. The molecule has 0 spiro atoms. The van der Waals surface area contributed by atoms with Crippen molar-refractivity contribution < 1.29 is 0 Å². The van der Waals surface area contributed by atoms with Crippen LogP contribution >= 0.6 is 0 Å². The molecule has 0 unspecified atom stereocenters. The highest BCUT2D eigenvalue weighted by Gasteiger charge is 1.96. The topological polar surface area (TPSA) is 0 Å². The average molecular weight is 299 g/mol. The van der Waals surface area contributed by atoms with Gasteiger partial charge in [-0.15, -0.1) is 0 Å². The van der Waals surface area contributed by atoms with Crippen molar-refractivity contribution in [3.05, 3.63) is 68.8 Å². The molecule has 0 aliphatic heterocycles. The minimum Gasteiger partial charge on any atom is -0.0683 e. The van der Waals surface area contributed by atoms with Gasteiger partial charge in [0, 0.05) is 0 Å². The highest BCUT2D eigenvalue weighted by atomic mass is 14.0. The molecule has 0 aliphatic rings. The number of aryl methyl sites for hydroxylation is 6. The molecule has 0 nitrogen and oxygen atoms in total. The van der Waals surface area contributed by atoms with Gasteiger partial charge in [-0.1, -0.05) is 49.2 Å². The Hall–Kier alpha value is -1.56. The minimum atomic E-state index is 1.36. The largest absolute Gasteiger partial charge is 0.0683 e. The fraction of sp³-hybridized carbons (Fsp3) is 0.455. The average Bonchev–Trinajstić information content (AvgIpc) is 2.45. The number of hydrogen-bond acceptors (Lipinski definition) is 0. The third-order valence-electron chi connectivity index (χ3n) is 4.14. The molecule has 0 saturated carbocycles. The SMILES string of the molecule is CC.Cc1cc(C)c(C)c(C)c1.Cc1cc(C)c(C)c(C)c1. The van der Waals surface area contributed by atoms with E-state index in [2.05, 4.69) is 79.7 Å². The van der Waals surface area contributed by atoms with Crippen molar-refractivity contribution in [1.29, 1.82) is 0 Å². The van der Waals surface area contributed by atoms with Crippen molar-refractivity contribution in [2.75, 3.05) is 0 Å². The van der Waals surface area contributed by atoms with Crippen molar-refractivity contribution in [3.8, 4) is 0 Å². The lowest BCUT2D eigenvalue weighted by molar-refractivity contribution is 1.23. The van der Waals surface area contributed by atoms with E-state index in [4.69, 9.17) is 0 Å². The van der Waals surface area contributed by atoms with Crippen LogP contribution in [0.2, 0.25) is 0 Å². The molecule has 0 radical (unpaired) electrons. The quantitative estimate of drug-likeness (QED) is 0.498. The molecule has 0 saturated heterocycles. The molecular formula is C22H34. The molecule has 0 amide bonds. The molecule has 0 N–H and O–H groups in total. The summed E-state index contributed by atoms with van der Waals surface area (Å²) in [6.07, 6.45) is 0. The highest BCUT2D eigenvalue weighted by molar-refractivity contribution is 5.36. The summed E-state index contributed by atoms with van der Waals surface area (Å²) in [5.41, 5.74) is 11.2. The summed E-state index contributed by atoms with van der Waals surface area (Å²) in [5, 5.41) is 0. The number of benzene rings is 2. The second kappa shape index (κ2) is 9.46. The van der Waals surface area contributed by atoms with Gasteiger partial charge in [0.2, 0.25) is 0 Å². The molecule has 0 heterocycles. The Balaban J connectivity index is 0.000000360. The van der Waals surface area contributed by atoms with Crippen LogP contribution in [0.4, 0.5) is 0 Å². The molecule has 2 rings (SSSR count). The van der Waals surface area contributed by atoms with Crippen LogP contribution in [0.3, 0.4) is 0 Å². The molecule has 0 bridgehead atoms. The smallest absolute Gasteiger partial charge is 0.0392 e. The van der Waals surface area contributed by atoms with E-state index in [1.807, 2.05) is 13.8 Å². The summed E-state index contributed by atoms with van der Waals surface area (Å²) < 4.78 is 0. The zero-order valence-electron chi connectivity index (χ0n) is 16.3. The van der Waals surface area contributed by atoms with Gasteiger partial charge in [-0.3, -0.25) is 0 Å². The van der Waals surface area contributed by atoms with E-state index in [9.17, 15) is 0 Å². The van der Waals surface area contributed by atoms with Crippen LogP contribution in [-0.2, 0) is 0 Å². The maximum Gasteiger partial charge on any atom is -0.0392 e. The second-order valence-electron chi connectivity index (χ2n) is 6.05. The van der Waals surface area contributed by atoms with Gasteiger partial charge in [0.1, 0.15) is 0 Å². The first-order chi connectivity index (χ1) is 10.2. The van der Waals surface area contributed by atoms with Crippen LogP contribution in [-0.4, -0.2) is 0 Å². The zero-order chi connectivity index (χ0) is 17.4. The summed E-state index contributed by atoms with van der Waals surface area (Å²) in [4.78, 5) is 0. The first-order valence-electron chi connectivity index (χ1n) is 8.31. The summed E-state index contributed by atoms with van der Waals surface area (Å²) in [5.74, 6) is 0. The van der Waals surface area contributed by atoms with Gasteiger partial charge in [0.25, 0.3) is 0 Å². The molecule has 2 aromatic carbocycles.